The number of ether oxygens (including phenoxy) is 2. The molecule has 0 aromatic heterocycles. The summed E-state index contributed by atoms with van der Waals surface area (Å²) >= 11 is 1.93. The average Bonchev–Trinajstić information content (AvgIpc) is 2.04. The standard InChI is InChI=1S/C8H11IO4/c1-3-4-6(9)13-8(11)5-7(10)12-2/h3-4,6H,5H2,1-2H3/b4-3+. The van der Waals surface area contributed by atoms with E-state index in [1.807, 2.05) is 29.5 Å². The molecule has 0 N–H and O–H groups in total. The molecule has 0 bridgehead atoms. The highest BCUT2D eigenvalue weighted by molar-refractivity contribution is 14.1. The minimum absolute atomic E-state index is 0.334. The van der Waals surface area contributed by atoms with Crippen molar-refractivity contribution in [3.63, 3.8) is 0 Å². The summed E-state index contributed by atoms with van der Waals surface area (Å²) in [4.78, 5) is 21.6. The normalized spacial score (nSPS) is 12.5. The highest BCUT2D eigenvalue weighted by Crippen LogP contribution is 2.06. The van der Waals surface area contributed by atoms with Crippen LogP contribution in [0.4, 0.5) is 0 Å². The molecule has 0 heterocycles. The molecule has 0 aliphatic rings. The smallest absolute Gasteiger partial charge is 0.318 e. The molecule has 0 rings (SSSR count). The van der Waals surface area contributed by atoms with Crippen LogP contribution in [0.25, 0.3) is 0 Å². The van der Waals surface area contributed by atoms with Gasteiger partial charge in [-0.3, -0.25) is 9.59 Å². The number of hydrogen-bond acceptors (Lipinski definition) is 4. The Labute approximate surface area is 90.4 Å². The van der Waals surface area contributed by atoms with E-state index >= 15 is 0 Å². The molecule has 0 spiro atoms. The van der Waals surface area contributed by atoms with Gasteiger partial charge in [0.15, 0.2) is 4.11 Å². The van der Waals surface area contributed by atoms with Crippen LogP contribution in [0.15, 0.2) is 12.2 Å². The Kier molecular flexibility index (Phi) is 6.56. The van der Waals surface area contributed by atoms with E-state index in [-0.39, 0.29) is 10.5 Å². The van der Waals surface area contributed by atoms with Crippen LogP contribution in [-0.4, -0.2) is 23.2 Å². The van der Waals surface area contributed by atoms with E-state index in [4.69, 9.17) is 4.74 Å². The van der Waals surface area contributed by atoms with Gasteiger partial charge < -0.3 is 9.47 Å². The summed E-state index contributed by atoms with van der Waals surface area (Å²) in [5.74, 6) is -1.17. The number of alkyl halides is 1. The van der Waals surface area contributed by atoms with Crippen LogP contribution in [0.5, 0.6) is 0 Å². The Morgan fingerprint density at radius 2 is 2.08 bits per heavy atom. The molecule has 0 radical (unpaired) electrons. The first kappa shape index (κ1) is 12.4. The van der Waals surface area contributed by atoms with Gasteiger partial charge in [-0.15, -0.1) is 0 Å². The lowest BCUT2D eigenvalue weighted by Crippen LogP contribution is -2.15. The molecule has 74 valence electrons. The molecule has 0 aliphatic carbocycles. The summed E-state index contributed by atoms with van der Waals surface area (Å²) in [6.45, 7) is 1.82. The lowest BCUT2D eigenvalue weighted by Gasteiger charge is -2.06. The summed E-state index contributed by atoms with van der Waals surface area (Å²) in [5.41, 5.74) is 0. The molecule has 0 fully saturated rings. The number of esters is 2. The van der Waals surface area contributed by atoms with E-state index < -0.39 is 11.9 Å². The van der Waals surface area contributed by atoms with Gasteiger partial charge in [0.2, 0.25) is 0 Å². The second-order valence-corrected chi connectivity index (χ2v) is 3.35. The first-order valence-electron chi connectivity index (χ1n) is 3.63. The highest BCUT2D eigenvalue weighted by Gasteiger charge is 2.12. The fourth-order valence-corrected chi connectivity index (χ4v) is 1.25. The van der Waals surface area contributed by atoms with Crippen molar-refractivity contribution in [1.82, 2.24) is 0 Å². The van der Waals surface area contributed by atoms with Gasteiger partial charge in [-0.2, -0.15) is 0 Å². The van der Waals surface area contributed by atoms with Crippen LogP contribution in [0, 0.1) is 0 Å². The van der Waals surface area contributed by atoms with Crippen LogP contribution < -0.4 is 0 Å². The summed E-state index contributed by atoms with van der Waals surface area (Å²) in [5, 5.41) is 0. The Hall–Kier alpha value is -0.590. The fraction of sp³-hybridized carbons (Fsp3) is 0.500. The number of allylic oxidation sites excluding steroid dienone is 1. The number of rotatable bonds is 4. The number of carbonyl (C=O) groups excluding carboxylic acids is 2. The molecular formula is C8H11IO4. The molecule has 0 aromatic rings. The number of hydrogen-bond donors (Lipinski definition) is 0. The molecule has 0 saturated heterocycles. The maximum absolute atomic E-state index is 10.9. The van der Waals surface area contributed by atoms with Gasteiger partial charge in [-0.25, -0.2) is 0 Å². The van der Waals surface area contributed by atoms with Crippen LogP contribution in [0.2, 0.25) is 0 Å². The Bertz CT molecular complexity index is 212. The largest absolute Gasteiger partial charge is 0.469 e. The molecule has 1 unspecified atom stereocenters. The molecule has 4 nitrogen and oxygen atoms in total. The predicted octanol–water partition coefficient (Wildman–Crippen LogP) is 1.43. The number of halogens is 1. The molecule has 5 heteroatoms. The van der Waals surface area contributed by atoms with Gasteiger partial charge in [0.25, 0.3) is 0 Å². The van der Waals surface area contributed by atoms with Gasteiger partial charge in [-0.05, 0) is 35.6 Å². The molecule has 0 aromatic carbocycles. The third kappa shape index (κ3) is 6.56. The second-order valence-electron chi connectivity index (χ2n) is 2.12. The molecular weight excluding hydrogens is 287 g/mol. The van der Waals surface area contributed by atoms with Gasteiger partial charge in [-0.1, -0.05) is 6.08 Å². The Balaban J connectivity index is 3.80. The van der Waals surface area contributed by atoms with Gasteiger partial charge in [0, 0.05) is 0 Å². The van der Waals surface area contributed by atoms with Crippen molar-refractivity contribution in [2.75, 3.05) is 7.11 Å². The van der Waals surface area contributed by atoms with Crippen molar-refractivity contribution in [2.24, 2.45) is 0 Å². The second kappa shape index (κ2) is 6.88. The van der Waals surface area contributed by atoms with E-state index in [1.54, 1.807) is 12.2 Å². The van der Waals surface area contributed by atoms with Gasteiger partial charge in [0.05, 0.1) is 7.11 Å². The Morgan fingerprint density at radius 1 is 1.46 bits per heavy atom. The quantitative estimate of drug-likeness (QED) is 0.259. The monoisotopic (exact) mass is 298 g/mol. The van der Waals surface area contributed by atoms with Crippen LogP contribution in [-0.2, 0) is 19.1 Å². The lowest BCUT2D eigenvalue weighted by molar-refractivity contribution is -0.152. The van der Waals surface area contributed by atoms with Crippen molar-refractivity contribution >= 4 is 34.5 Å². The van der Waals surface area contributed by atoms with Crippen molar-refractivity contribution in [3.05, 3.63) is 12.2 Å². The number of carbonyl (C=O) groups is 2. The minimum Gasteiger partial charge on any atom is -0.469 e. The topological polar surface area (TPSA) is 52.6 Å². The lowest BCUT2D eigenvalue weighted by atomic mass is 10.4. The average molecular weight is 298 g/mol. The van der Waals surface area contributed by atoms with Crippen molar-refractivity contribution in [3.8, 4) is 0 Å². The first-order valence-corrected chi connectivity index (χ1v) is 4.88. The van der Waals surface area contributed by atoms with Gasteiger partial charge >= 0.3 is 11.9 Å². The van der Waals surface area contributed by atoms with E-state index in [2.05, 4.69) is 4.74 Å². The zero-order valence-electron chi connectivity index (χ0n) is 7.45. The molecule has 0 saturated carbocycles. The maximum Gasteiger partial charge on any atom is 0.318 e. The fourth-order valence-electron chi connectivity index (χ4n) is 0.548. The highest BCUT2D eigenvalue weighted by atomic mass is 127. The molecule has 0 amide bonds. The molecule has 1 atom stereocenters. The van der Waals surface area contributed by atoms with Crippen molar-refractivity contribution < 1.29 is 19.1 Å². The SMILES string of the molecule is C/C=C/C(I)OC(=O)CC(=O)OC. The van der Waals surface area contributed by atoms with E-state index in [1.165, 1.54) is 7.11 Å². The predicted molar refractivity (Wildman–Crippen MR) is 55.3 cm³/mol. The Morgan fingerprint density at radius 3 is 2.54 bits per heavy atom. The van der Waals surface area contributed by atoms with Gasteiger partial charge in [0.1, 0.15) is 6.42 Å². The van der Waals surface area contributed by atoms with Crippen LogP contribution in [0.3, 0.4) is 0 Å². The summed E-state index contributed by atoms with van der Waals surface area (Å²) in [7, 11) is 1.23. The maximum atomic E-state index is 10.9. The van der Waals surface area contributed by atoms with Crippen LogP contribution >= 0.6 is 22.6 Å². The van der Waals surface area contributed by atoms with E-state index in [0.29, 0.717) is 0 Å². The van der Waals surface area contributed by atoms with Crippen LogP contribution in [0.1, 0.15) is 13.3 Å². The zero-order valence-corrected chi connectivity index (χ0v) is 9.61. The zero-order chi connectivity index (χ0) is 10.3. The third-order valence-electron chi connectivity index (χ3n) is 1.10. The summed E-state index contributed by atoms with van der Waals surface area (Å²) in [6, 6.07) is 0. The summed E-state index contributed by atoms with van der Waals surface area (Å²) in [6.07, 6.45) is 3.13. The minimum atomic E-state index is -0.589. The molecule has 13 heavy (non-hydrogen) atoms. The van der Waals surface area contributed by atoms with E-state index in [9.17, 15) is 9.59 Å². The summed E-state index contributed by atoms with van der Waals surface area (Å²) < 4.78 is 8.79. The van der Waals surface area contributed by atoms with E-state index in [0.717, 1.165) is 0 Å². The van der Waals surface area contributed by atoms with Crippen molar-refractivity contribution in [2.45, 2.75) is 17.5 Å². The molecule has 0 aliphatic heterocycles. The van der Waals surface area contributed by atoms with Crippen molar-refractivity contribution in [1.29, 1.82) is 0 Å². The third-order valence-corrected chi connectivity index (χ3v) is 1.77. The first-order chi connectivity index (χ1) is 6.10. The number of methoxy groups -OCH3 is 1.